The van der Waals surface area contributed by atoms with E-state index >= 15 is 0 Å². The monoisotopic (exact) mass is 273 g/mol. The van der Waals surface area contributed by atoms with Crippen molar-refractivity contribution in [2.45, 2.75) is 31.2 Å². The Bertz CT molecular complexity index is 498. The standard InChI is InChI=1S/C16H23N3O/c1-18(13-6-7-13)16(20)11-19-10-12(8-9-17)14-4-2-3-5-15(14)19/h2-5,12-13H,6-11,17H2,1H3. The van der Waals surface area contributed by atoms with Crippen LogP contribution in [0.25, 0.3) is 0 Å². The van der Waals surface area contributed by atoms with Crippen molar-refractivity contribution in [3.8, 4) is 0 Å². The van der Waals surface area contributed by atoms with Crippen molar-refractivity contribution in [3.63, 3.8) is 0 Å². The Kier molecular flexibility index (Phi) is 3.66. The zero-order valence-corrected chi connectivity index (χ0v) is 12.1. The Labute approximate surface area is 120 Å². The lowest BCUT2D eigenvalue weighted by Crippen LogP contribution is -2.39. The second-order valence-corrected chi connectivity index (χ2v) is 5.95. The van der Waals surface area contributed by atoms with Gasteiger partial charge in [0, 0.05) is 31.2 Å². The fourth-order valence-electron chi connectivity index (χ4n) is 3.12. The lowest BCUT2D eigenvalue weighted by molar-refractivity contribution is -0.128. The first-order valence-electron chi connectivity index (χ1n) is 7.50. The van der Waals surface area contributed by atoms with Gasteiger partial charge in [0.1, 0.15) is 0 Å². The molecule has 1 aromatic rings. The molecule has 20 heavy (non-hydrogen) atoms. The van der Waals surface area contributed by atoms with Gasteiger partial charge in [-0.25, -0.2) is 0 Å². The molecule has 0 aromatic heterocycles. The van der Waals surface area contributed by atoms with Gasteiger partial charge in [-0.05, 0) is 37.4 Å². The van der Waals surface area contributed by atoms with Crippen molar-refractivity contribution < 1.29 is 4.79 Å². The van der Waals surface area contributed by atoms with E-state index in [2.05, 4.69) is 23.1 Å². The summed E-state index contributed by atoms with van der Waals surface area (Å²) < 4.78 is 0. The third kappa shape index (κ3) is 2.52. The maximum absolute atomic E-state index is 12.3. The summed E-state index contributed by atoms with van der Waals surface area (Å²) in [5, 5.41) is 0. The molecule has 1 atom stereocenters. The molecule has 0 radical (unpaired) electrons. The molecule has 0 bridgehead atoms. The number of anilines is 1. The van der Waals surface area contributed by atoms with Crippen LogP contribution in [-0.4, -0.2) is 43.5 Å². The van der Waals surface area contributed by atoms with Crippen LogP contribution in [0.15, 0.2) is 24.3 Å². The SMILES string of the molecule is CN(C(=O)CN1CC(CCN)c2ccccc21)C1CC1. The van der Waals surface area contributed by atoms with E-state index in [0.717, 1.165) is 25.8 Å². The highest BCUT2D eigenvalue weighted by atomic mass is 16.2. The Morgan fingerprint density at radius 3 is 2.85 bits per heavy atom. The molecule has 1 heterocycles. The van der Waals surface area contributed by atoms with Crippen LogP contribution < -0.4 is 10.6 Å². The van der Waals surface area contributed by atoms with E-state index < -0.39 is 0 Å². The number of fused-ring (bicyclic) bond motifs is 1. The number of benzene rings is 1. The minimum Gasteiger partial charge on any atom is -0.361 e. The molecule has 1 aromatic carbocycles. The number of amides is 1. The van der Waals surface area contributed by atoms with E-state index in [1.54, 1.807) is 0 Å². The normalized spacial score (nSPS) is 20.9. The average molecular weight is 273 g/mol. The smallest absolute Gasteiger partial charge is 0.242 e. The third-order valence-corrected chi connectivity index (χ3v) is 4.49. The van der Waals surface area contributed by atoms with E-state index in [9.17, 15) is 4.79 Å². The van der Waals surface area contributed by atoms with Crippen molar-refractivity contribution in [2.75, 3.05) is 31.6 Å². The molecular formula is C16H23N3O. The van der Waals surface area contributed by atoms with E-state index in [-0.39, 0.29) is 5.91 Å². The maximum Gasteiger partial charge on any atom is 0.242 e. The Hall–Kier alpha value is -1.55. The van der Waals surface area contributed by atoms with Crippen molar-refractivity contribution in [1.82, 2.24) is 4.90 Å². The Morgan fingerprint density at radius 2 is 2.15 bits per heavy atom. The van der Waals surface area contributed by atoms with E-state index in [1.165, 1.54) is 11.3 Å². The van der Waals surface area contributed by atoms with E-state index in [4.69, 9.17) is 5.73 Å². The lowest BCUT2D eigenvalue weighted by Gasteiger charge is -2.23. The van der Waals surface area contributed by atoms with Gasteiger partial charge >= 0.3 is 0 Å². The molecule has 2 N–H and O–H groups in total. The van der Waals surface area contributed by atoms with Gasteiger partial charge < -0.3 is 15.5 Å². The highest BCUT2D eigenvalue weighted by Gasteiger charge is 2.33. The summed E-state index contributed by atoms with van der Waals surface area (Å²) >= 11 is 0. The van der Waals surface area contributed by atoms with Gasteiger partial charge in [-0.1, -0.05) is 18.2 Å². The van der Waals surface area contributed by atoms with Crippen molar-refractivity contribution in [3.05, 3.63) is 29.8 Å². The van der Waals surface area contributed by atoms with Gasteiger partial charge in [0.15, 0.2) is 0 Å². The summed E-state index contributed by atoms with van der Waals surface area (Å²) in [5.74, 6) is 0.700. The zero-order valence-electron chi connectivity index (χ0n) is 12.1. The van der Waals surface area contributed by atoms with Crippen LogP contribution in [0.3, 0.4) is 0 Å². The number of carbonyl (C=O) groups excluding carboxylic acids is 1. The summed E-state index contributed by atoms with van der Waals surface area (Å²) in [6.45, 7) is 2.11. The van der Waals surface area contributed by atoms with Crippen LogP contribution in [0.1, 0.15) is 30.7 Å². The summed E-state index contributed by atoms with van der Waals surface area (Å²) in [5.41, 5.74) is 8.27. The van der Waals surface area contributed by atoms with Crippen molar-refractivity contribution in [2.24, 2.45) is 5.73 Å². The first-order valence-corrected chi connectivity index (χ1v) is 7.50. The second kappa shape index (κ2) is 5.44. The van der Waals surface area contributed by atoms with Crippen LogP contribution in [-0.2, 0) is 4.79 Å². The Morgan fingerprint density at radius 1 is 1.40 bits per heavy atom. The number of para-hydroxylation sites is 1. The highest BCUT2D eigenvalue weighted by Crippen LogP contribution is 2.37. The average Bonchev–Trinajstić information content (AvgIpc) is 3.25. The first-order chi connectivity index (χ1) is 9.70. The number of nitrogens with zero attached hydrogens (tertiary/aromatic N) is 2. The van der Waals surface area contributed by atoms with Crippen LogP contribution in [0.4, 0.5) is 5.69 Å². The number of nitrogens with two attached hydrogens (primary N) is 1. The fourth-order valence-corrected chi connectivity index (χ4v) is 3.12. The minimum absolute atomic E-state index is 0.232. The fraction of sp³-hybridized carbons (Fsp3) is 0.562. The largest absolute Gasteiger partial charge is 0.361 e. The van der Waals surface area contributed by atoms with Crippen molar-refractivity contribution in [1.29, 1.82) is 0 Å². The quantitative estimate of drug-likeness (QED) is 0.885. The summed E-state index contributed by atoms with van der Waals surface area (Å²) in [6.07, 6.45) is 3.31. The number of rotatable bonds is 5. The predicted octanol–water partition coefficient (Wildman–Crippen LogP) is 1.56. The second-order valence-electron chi connectivity index (χ2n) is 5.95. The van der Waals surface area contributed by atoms with Crippen LogP contribution in [0.5, 0.6) is 0 Å². The first kappa shape index (κ1) is 13.4. The topological polar surface area (TPSA) is 49.6 Å². The van der Waals surface area contributed by atoms with Gasteiger partial charge in [-0.15, -0.1) is 0 Å². The predicted molar refractivity (Wildman–Crippen MR) is 80.9 cm³/mol. The molecule has 4 heteroatoms. The molecule has 4 nitrogen and oxygen atoms in total. The Balaban J connectivity index is 1.72. The molecule has 3 rings (SSSR count). The molecule has 0 spiro atoms. The van der Waals surface area contributed by atoms with Crippen LogP contribution in [0.2, 0.25) is 0 Å². The summed E-state index contributed by atoms with van der Waals surface area (Å²) in [4.78, 5) is 16.4. The number of likely N-dealkylation sites (N-methyl/N-ethyl adjacent to an activating group) is 1. The molecule has 0 saturated heterocycles. The molecule has 2 aliphatic rings. The molecule has 1 amide bonds. The number of hydrogen-bond donors (Lipinski definition) is 1. The van der Waals surface area contributed by atoms with Gasteiger partial charge in [0.2, 0.25) is 5.91 Å². The minimum atomic E-state index is 0.232. The molecule has 1 saturated carbocycles. The molecule has 108 valence electrons. The lowest BCUT2D eigenvalue weighted by atomic mass is 9.98. The highest BCUT2D eigenvalue weighted by molar-refractivity contribution is 5.83. The van der Waals surface area contributed by atoms with Gasteiger partial charge in [-0.2, -0.15) is 0 Å². The molecule has 1 unspecified atom stereocenters. The maximum atomic E-state index is 12.3. The molecule has 1 fully saturated rings. The van der Waals surface area contributed by atoms with Crippen LogP contribution in [0, 0.1) is 0 Å². The van der Waals surface area contributed by atoms with Gasteiger partial charge in [-0.3, -0.25) is 4.79 Å². The van der Waals surface area contributed by atoms with Gasteiger partial charge in [0.25, 0.3) is 0 Å². The number of carbonyl (C=O) groups is 1. The van der Waals surface area contributed by atoms with Crippen molar-refractivity contribution >= 4 is 11.6 Å². The molecule has 1 aliphatic carbocycles. The zero-order chi connectivity index (χ0) is 14.1. The molecular weight excluding hydrogens is 250 g/mol. The van der Waals surface area contributed by atoms with Crippen LogP contribution >= 0.6 is 0 Å². The number of hydrogen-bond acceptors (Lipinski definition) is 3. The third-order valence-electron chi connectivity index (χ3n) is 4.49. The van der Waals surface area contributed by atoms with E-state index in [0.29, 0.717) is 25.0 Å². The van der Waals surface area contributed by atoms with E-state index in [1.807, 2.05) is 18.0 Å². The summed E-state index contributed by atoms with van der Waals surface area (Å²) in [7, 11) is 1.93. The summed E-state index contributed by atoms with van der Waals surface area (Å²) in [6, 6.07) is 8.90. The molecule has 1 aliphatic heterocycles. The van der Waals surface area contributed by atoms with Gasteiger partial charge in [0.05, 0.1) is 6.54 Å².